The Bertz CT molecular complexity index is 1650. The van der Waals surface area contributed by atoms with E-state index >= 15 is 0 Å². The third-order valence-corrected chi connectivity index (χ3v) is 6.67. The van der Waals surface area contributed by atoms with Crippen LogP contribution in [0.2, 0.25) is 0 Å². The van der Waals surface area contributed by atoms with Crippen LogP contribution in [0.25, 0.3) is 43.8 Å². The number of ether oxygens (including phenoxy) is 2. The first kappa shape index (κ1) is 21.9. The molecule has 0 aromatic heterocycles. The molecule has 2 heteroatoms. The molecule has 0 fully saturated rings. The van der Waals surface area contributed by atoms with Gasteiger partial charge in [0.1, 0.15) is 18.1 Å². The van der Waals surface area contributed by atoms with Crippen molar-refractivity contribution in [3.8, 4) is 33.8 Å². The monoisotopic (exact) mass is 466 g/mol. The van der Waals surface area contributed by atoms with E-state index in [1.165, 1.54) is 0 Å². The molecular weight excluding hydrogens is 440 g/mol. The lowest BCUT2D eigenvalue weighted by Gasteiger charge is -2.21. The number of hydrogen-bond donors (Lipinski definition) is 0. The molecule has 36 heavy (non-hydrogen) atoms. The highest BCUT2D eigenvalue weighted by Crippen LogP contribution is 2.49. The van der Waals surface area contributed by atoms with Gasteiger partial charge in [0.15, 0.2) is 0 Å². The van der Waals surface area contributed by atoms with Gasteiger partial charge in [-0.1, -0.05) is 115 Å². The molecule has 0 aliphatic carbocycles. The quantitative estimate of drug-likeness (QED) is 0.244. The van der Waals surface area contributed by atoms with Crippen LogP contribution in [0.5, 0.6) is 11.5 Å². The van der Waals surface area contributed by atoms with E-state index in [0.717, 1.165) is 60.9 Å². The summed E-state index contributed by atoms with van der Waals surface area (Å²) < 4.78 is 12.7. The van der Waals surface area contributed by atoms with E-state index < -0.39 is 0 Å². The van der Waals surface area contributed by atoms with E-state index in [2.05, 4.69) is 103 Å². The second-order valence-electron chi connectivity index (χ2n) is 8.85. The fourth-order valence-electron chi connectivity index (χ4n) is 4.99. The van der Waals surface area contributed by atoms with Crippen molar-refractivity contribution in [3.63, 3.8) is 0 Å². The van der Waals surface area contributed by atoms with Gasteiger partial charge in [0, 0.05) is 16.7 Å². The van der Waals surface area contributed by atoms with Crippen molar-refractivity contribution in [2.75, 3.05) is 7.11 Å². The van der Waals surface area contributed by atoms with E-state index in [1.807, 2.05) is 24.3 Å². The standard InChI is InChI=1S/C34H26O2/c1-35-34-30(25-14-6-3-7-15-25)22-27-17-9-11-19-29(27)33(34)32-28-18-10-8-16-26(28)20-21-31(32)36-23-24-12-4-2-5-13-24/h2-22H,23H2,1H3. The molecule has 6 rings (SSSR count). The van der Waals surface area contributed by atoms with Gasteiger partial charge in [-0.05, 0) is 44.8 Å². The zero-order valence-corrected chi connectivity index (χ0v) is 20.1. The molecule has 0 N–H and O–H groups in total. The molecule has 0 radical (unpaired) electrons. The Morgan fingerprint density at radius 3 is 1.89 bits per heavy atom. The molecule has 2 nitrogen and oxygen atoms in total. The predicted molar refractivity (Wildman–Crippen MR) is 150 cm³/mol. The Balaban J connectivity index is 1.67. The molecular formula is C34H26O2. The normalized spacial score (nSPS) is 11.0. The van der Waals surface area contributed by atoms with Crippen molar-refractivity contribution in [3.05, 3.63) is 133 Å². The lowest BCUT2D eigenvalue weighted by molar-refractivity contribution is 0.308. The number of methoxy groups -OCH3 is 1. The summed E-state index contributed by atoms with van der Waals surface area (Å²) in [5.74, 6) is 1.69. The van der Waals surface area contributed by atoms with E-state index in [-0.39, 0.29) is 0 Å². The number of hydrogen-bond acceptors (Lipinski definition) is 2. The largest absolute Gasteiger partial charge is 0.495 e. The molecule has 0 spiro atoms. The molecule has 0 aliphatic heterocycles. The third-order valence-electron chi connectivity index (χ3n) is 6.67. The lowest BCUT2D eigenvalue weighted by atomic mass is 9.88. The van der Waals surface area contributed by atoms with Gasteiger partial charge in [-0.3, -0.25) is 0 Å². The summed E-state index contributed by atoms with van der Waals surface area (Å²) in [5, 5.41) is 4.59. The summed E-state index contributed by atoms with van der Waals surface area (Å²) in [5.41, 5.74) is 5.41. The second-order valence-corrected chi connectivity index (χ2v) is 8.85. The van der Waals surface area contributed by atoms with Crippen molar-refractivity contribution in [1.29, 1.82) is 0 Å². The molecule has 6 aromatic carbocycles. The SMILES string of the molecule is COc1c(-c2ccccc2)cc2ccccc2c1-c1c(OCc2ccccc2)ccc2ccccc12. The van der Waals surface area contributed by atoms with Gasteiger partial charge in [-0.15, -0.1) is 0 Å². The number of benzene rings is 6. The molecule has 0 bridgehead atoms. The predicted octanol–water partition coefficient (Wildman–Crippen LogP) is 8.91. The van der Waals surface area contributed by atoms with Gasteiger partial charge < -0.3 is 9.47 Å². The highest BCUT2D eigenvalue weighted by molar-refractivity contribution is 6.12. The topological polar surface area (TPSA) is 18.5 Å². The average molecular weight is 467 g/mol. The molecule has 0 saturated heterocycles. The van der Waals surface area contributed by atoms with Crippen LogP contribution < -0.4 is 9.47 Å². The number of rotatable bonds is 6. The molecule has 0 amide bonds. The van der Waals surface area contributed by atoms with Crippen LogP contribution in [0, 0.1) is 0 Å². The van der Waals surface area contributed by atoms with Crippen LogP contribution in [0.1, 0.15) is 5.56 Å². The Hall–Kier alpha value is -4.56. The van der Waals surface area contributed by atoms with Crippen LogP contribution >= 0.6 is 0 Å². The minimum absolute atomic E-state index is 0.491. The van der Waals surface area contributed by atoms with Crippen LogP contribution in [0.15, 0.2) is 127 Å². The smallest absolute Gasteiger partial charge is 0.135 e. The first-order valence-corrected chi connectivity index (χ1v) is 12.2. The van der Waals surface area contributed by atoms with E-state index in [0.29, 0.717) is 6.61 Å². The Morgan fingerprint density at radius 1 is 0.556 bits per heavy atom. The fraction of sp³-hybridized carbons (Fsp3) is 0.0588. The Labute approximate surface area is 211 Å². The summed E-state index contributed by atoms with van der Waals surface area (Å²) in [4.78, 5) is 0. The maximum Gasteiger partial charge on any atom is 0.135 e. The summed E-state index contributed by atoms with van der Waals surface area (Å²) in [7, 11) is 1.76. The molecule has 0 aliphatic rings. The van der Waals surface area contributed by atoms with Crippen molar-refractivity contribution in [2.24, 2.45) is 0 Å². The molecule has 174 valence electrons. The molecule has 0 atom stereocenters. The minimum Gasteiger partial charge on any atom is -0.495 e. The van der Waals surface area contributed by atoms with E-state index in [1.54, 1.807) is 7.11 Å². The van der Waals surface area contributed by atoms with Crippen LogP contribution in [-0.4, -0.2) is 7.11 Å². The number of fused-ring (bicyclic) bond motifs is 2. The van der Waals surface area contributed by atoms with E-state index in [4.69, 9.17) is 9.47 Å². The zero-order valence-electron chi connectivity index (χ0n) is 20.1. The lowest BCUT2D eigenvalue weighted by Crippen LogP contribution is -2.00. The maximum absolute atomic E-state index is 6.52. The van der Waals surface area contributed by atoms with Crippen LogP contribution in [-0.2, 0) is 6.61 Å². The van der Waals surface area contributed by atoms with Gasteiger partial charge in [0.05, 0.1) is 7.11 Å². The van der Waals surface area contributed by atoms with Crippen molar-refractivity contribution in [1.82, 2.24) is 0 Å². The first-order chi connectivity index (χ1) is 17.8. The summed E-state index contributed by atoms with van der Waals surface area (Å²) >= 11 is 0. The highest BCUT2D eigenvalue weighted by atomic mass is 16.5. The summed E-state index contributed by atoms with van der Waals surface area (Å²) in [6.45, 7) is 0.491. The maximum atomic E-state index is 6.52. The van der Waals surface area contributed by atoms with Gasteiger partial charge >= 0.3 is 0 Å². The molecule has 0 unspecified atom stereocenters. The van der Waals surface area contributed by atoms with Gasteiger partial charge in [-0.2, -0.15) is 0 Å². The Morgan fingerprint density at radius 2 is 1.17 bits per heavy atom. The summed E-state index contributed by atoms with van der Waals surface area (Å²) in [6.07, 6.45) is 0. The molecule has 6 aromatic rings. The van der Waals surface area contributed by atoms with Gasteiger partial charge in [-0.25, -0.2) is 0 Å². The minimum atomic E-state index is 0.491. The zero-order chi connectivity index (χ0) is 24.3. The van der Waals surface area contributed by atoms with Gasteiger partial charge in [0.2, 0.25) is 0 Å². The highest BCUT2D eigenvalue weighted by Gasteiger charge is 2.22. The third kappa shape index (κ3) is 3.97. The van der Waals surface area contributed by atoms with Crippen molar-refractivity contribution >= 4 is 21.5 Å². The summed E-state index contributed by atoms with van der Waals surface area (Å²) in [6, 6.07) is 44.2. The van der Waals surface area contributed by atoms with Crippen molar-refractivity contribution in [2.45, 2.75) is 6.61 Å². The first-order valence-electron chi connectivity index (χ1n) is 12.2. The molecule has 0 saturated carbocycles. The van der Waals surface area contributed by atoms with Crippen LogP contribution in [0.4, 0.5) is 0 Å². The molecule has 0 heterocycles. The average Bonchev–Trinajstić information content (AvgIpc) is 2.96. The van der Waals surface area contributed by atoms with Gasteiger partial charge in [0.25, 0.3) is 0 Å². The Kier molecular flexibility index (Phi) is 5.85. The van der Waals surface area contributed by atoms with Crippen LogP contribution in [0.3, 0.4) is 0 Å². The van der Waals surface area contributed by atoms with Crippen molar-refractivity contribution < 1.29 is 9.47 Å². The second kappa shape index (κ2) is 9.59. The fourth-order valence-corrected chi connectivity index (χ4v) is 4.99. The van der Waals surface area contributed by atoms with E-state index in [9.17, 15) is 0 Å².